The molecule has 0 saturated carbocycles. The van der Waals surface area contributed by atoms with Gasteiger partial charge in [-0.2, -0.15) is 5.10 Å². The summed E-state index contributed by atoms with van der Waals surface area (Å²) in [4.78, 5) is 40.0. The number of para-hydroxylation sites is 1. The predicted octanol–water partition coefficient (Wildman–Crippen LogP) is 3.26. The minimum Gasteiger partial charge on any atom is -0.493 e. The molecule has 4 aromatic rings. The standard InChI is InChI=1S/C25H21ClN4O6/c1-34-20-11-15(13-27-30-24(32)18-5-3-4-6-19(18)29-25(30)33)12-21(35-2)23(20)36-14-22(31)28-17-9-7-16(26)8-10-17/h3-13H,14H2,1-2H3,(H,28,31)(H,29,33). The van der Waals surface area contributed by atoms with Crippen LogP contribution < -0.4 is 30.8 Å². The Morgan fingerprint density at radius 1 is 1.06 bits per heavy atom. The van der Waals surface area contributed by atoms with Crippen molar-refractivity contribution in [2.45, 2.75) is 0 Å². The van der Waals surface area contributed by atoms with E-state index >= 15 is 0 Å². The lowest BCUT2D eigenvalue weighted by Gasteiger charge is -2.15. The first-order valence-electron chi connectivity index (χ1n) is 10.6. The van der Waals surface area contributed by atoms with Crippen LogP contribution in [0.3, 0.4) is 0 Å². The SMILES string of the molecule is COc1cc(C=Nn2c(=O)[nH]c3ccccc3c2=O)cc(OC)c1OCC(=O)Nc1ccc(Cl)cc1. The first-order valence-corrected chi connectivity index (χ1v) is 11.0. The van der Waals surface area contributed by atoms with E-state index < -0.39 is 17.2 Å². The molecule has 0 atom stereocenters. The van der Waals surface area contributed by atoms with Crippen LogP contribution in [0.15, 0.2) is 75.4 Å². The van der Waals surface area contributed by atoms with Gasteiger partial charge in [-0.1, -0.05) is 23.7 Å². The summed E-state index contributed by atoms with van der Waals surface area (Å²) in [5.41, 5.74) is 0.208. The number of carbonyl (C=O) groups is 1. The molecular weight excluding hydrogens is 488 g/mol. The lowest BCUT2D eigenvalue weighted by molar-refractivity contribution is -0.118. The number of aromatic nitrogens is 2. The largest absolute Gasteiger partial charge is 0.493 e. The molecule has 0 saturated heterocycles. The second-order valence-electron chi connectivity index (χ2n) is 7.44. The zero-order valence-corrected chi connectivity index (χ0v) is 20.0. The number of ether oxygens (including phenoxy) is 3. The quantitative estimate of drug-likeness (QED) is 0.352. The van der Waals surface area contributed by atoms with Gasteiger partial charge in [-0.05, 0) is 48.5 Å². The molecule has 0 radical (unpaired) electrons. The van der Waals surface area contributed by atoms with E-state index in [1.165, 1.54) is 20.4 Å². The maximum Gasteiger partial charge on any atom is 0.349 e. The molecule has 0 bridgehead atoms. The van der Waals surface area contributed by atoms with Crippen LogP contribution in [0.5, 0.6) is 17.2 Å². The Balaban J connectivity index is 1.56. The van der Waals surface area contributed by atoms with Crippen LogP contribution in [0, 0.1) is 0 Å². The molecule has 0 aliphatic carbocycles. The van der Waals surface area contributed by atoms with Crippen molar-refractivity contribution in [2.75, 3.05) is 26.1 Å². The van der Waals surface area contributed by atoms with Crippen molar-refractivity contribution in [2.24, 2.45) is 5.10 Å². The number of benzene rings is 3. The van der Waals surface area contributed by atoms with Gasteiger partial charge in [-0.25, -0.2) is 4.79 Å². The summed E-state index contributed by atoms with van der Waals surface area (Å²) in [6, 6.07) is 16.4. The molecule has 0 aliphatic heterocycles. The summed E-state index contributed by atoms with van der Waals surface area (Å²) in [7, 11) is 2.85. The first-order chi connectivity index (χ1) is 17.4. The minimum atomic E-state index is -0.680. The minimum absolute atomic E-state index is 0.198. The number of amides is 1. The third kappa shape index (κ3) is 5.39. The molecular formula is C25H21ClN4O6. The van der Waals surface area contributed by atoms with Crippen LogP contribution in [-0.2, 0) is 4.79 Å². The van der Waals surface area contributed by atoms with E-state index in [-0.39, 0.29) is 23.9 Å². The predicted molar refractivity (Wildman–Crippen MR) is 137 cm³/mol. The van der Waals surface area contributed by atoms with Crippen LogP contribution >= 0.6 is 11.6 Å². The number of anilines is 1. The zero-order chi connectivity index (χ0) is 25.7. The molecule has 1 heterocycles. The Labute approximate surface area is 209 Å². The molecule has 10 nitrogen and oxygen atoms in total. The maximum atomic E-state index is 12.7. The summed E-state index contributed by atoms with van der Waals surface area (Å²) in [6.07, 6.45) is 1.31. The van der Waals surface area contributed by atoms with Crippen LogP contribution in [-0.4, -0.2) is 42.6 Å². The fourth-order valence-electron chi connectivity index (χ4n) is 3.37. The van der Waals surface area contributed by atoms with E-state index in [0.29, 0.717) is 27.2 Å². The molecule has 3 aromatic carbocycles. The third-order valence-corrected chi connectivity index (χ3v) is 5.32. The number of halogens is 1. The van der Waals surface area contributed by atoms with Crippen molar-refractivity contribution in [3.8, 4) is 17.2 Å². The summed E-state index contributed by atoms with van der Waals surface area (Å²) in [5, 5.41) is 7.62. The maximum absolute atomic E-state index is 12.7. The molecule has 1 aromatic heterocycles. The van der Waals surface area contributed by atoms with Crippen molar-refractivity contribution in [1.29, 1.82) is 0 Å². The zero-order valence-electron chi connectivity index (χ0n) is 19.3. The Hall–Kier alpha value is -4.57. The number of nitrogens with one attached hydrogen (secondary N) is 2. The summed E-state index contributed by atoms with van der Waals surface area (Å²) in [5.74, 6) is 0.316. The Bertz CT molecular complexity index is 1530. The van der Waals surface area contributed by atoms with Gasteiger partial charge in [0, 0.05) is 16.3 Å². The van der Waals surface area contributed by atoms with E-state index in [0.717, 1.165) is 4.68 Å². The molecule has 4 rings (SSSR count). The molecule has 11 heteroatoms. The highest BCUT2D eigenvalue weighted by Crippen LogP contribution is 2.38. The number of aromatic amines is 1. The van der Waals surface area contributed by atoms with E-state index in [9.17, 15) is 14.4 Å². The highest BCUT2D eigenvalue weighted by molar-refractivity contribution is 6.30. The summed E-state index contributed by atoms with van der Waals surface area (Å²) >= 11 is 5.86. The van der Waals surface area contributed by atoms with Crippen molar-refractivity contribution in [3.63, 3.8) is 0 Å². The highest BCUT2D eigenvalue weighted by Gasteiger charge is 2.16. The van der Waals surface area contributed by atoms with Gasteiger partial charge in [0.25, 0.3) is 11.5 Å². The number of methoxy groups -OCH3 is 2. The molecule has 0 spiro atoms. The van der Waals surface area contributed by atoms with Gasteiger partial charge in [-0.3, -0.25) is 9.59 Å². The number of carbonyl (C=O) groups excluding carboxylic acids is 1. The molecule has 2 N–H and O–H groups in total. The highest BCUT2D eigenvalue weighted by atomic mass is 35.5. The van der Waals surface area contributed by atoms with Crippen LogP contribution in [0.2, 0.25) is 5.02 Å². The molecule has 0 unspecified atom stereocenters. The number of H-pyrrole nitrogens is 1. The molecule has 0 fully saturated rings. The fraction of sp³-hybridized carbons (Fsp3) is 0.120. The number of fused-ring (bicyclic) bond motifs is 1. The van der Waals surface area contributed by atoms with Crippen LogP contribution in [0.25, 0.3) is 10.9 Å². The molecule has 36 heavy (non-hydrogen) atoms. The van der Waals surface area contributed by atoms with Crippen LogP contribution in [0.4, 0.5) is 5.69 Å². The van der Waals surface area contributed by atoms with Crippen molar-refractivity contribution >= 4 is 40.3 Å². The second-order valence-corrected chi connectivity index (χ2v) is 7.87. The van der Waals surface area contributed by atoms with E-state index in [2.05, 4.69) is 15.4 Å². The number of nitrogens with zero attached hydrogens (tertiary/aromatic N) is 2. The average molecular weight is 509 g/mol. The average Bonchev–Trinajstić information content (AvgIpc) is 2.88. The molecule has 184 valence electrons. The topological polar surface area (TPSA) is 124 Å². The summed E-state index contributed by atoms with van der Waals surface area (Å²) in [6.45, 7) is -0.315. The van der Waals surface area contributed by atoms with Crippen molar-refractivity contribution in [1.82, 2.24) is 9.66 Å². The van der Waals surface area contributed by atoms with Gasteiger partial charge in [0.2, 0.25) is 5.75 Å². The van der Waals surface area contributed by atoms with Gasteiger partial charge >= 0.3 is 5.69 Å². The normalized spacial score (nSPS) is 11.0. The van der Waals surface area contributed by atoms with Crippen molar-refractivity contribution < 1.29 is 19.0 Å². The van der Waals surface area contributed by atoms with Crippen LogP contribution in [0.1, 0.15) is 5.56 Å². The summed E-state index contributed by atoms with van der Waals surface area (Å²) < 4.78 is 17.2. The van der Waals surface area contributed by atoms with E-state index in [1.54, 1.807) is 60.7 Å². The monoisotopic (exact) mass is 508 g/mol. The van der Waals surface area contributed by atoms with Gasteiger partial charge in [0.1, 0.15) is 0 Å². The van der Waals surface area contributed by atoms with E-state index in [1.807, 2.05) is 0 Å². The van der Waals surface area contributed by atoms with Gasteiger partial charge in [0.15, 0.2) is 18.1 Å². The molecule has 0 aliphatic rings. The first kappa shape index (κ1) is 24.6. The number of hydrogen-bond acceptors (Lipinski definition) is 7. The number of hydrogen-bond donors (Lipinski definition) is 2. The number of rotatable bonds is 8. The van der Waals surface area contributed by atoms with E-state index in [4.69, 9.17) is 25.8 Å². The van der Waals surface area contributed by atoms with Gasteiger partial charge < -0.3 is 24.5 Å². The smallest absolute Gasteiger partial charge is 0.349 e. The second kappa shape index (κ2) is 10.8. The van der Waals surface area contributed by atoms with Gasteiger partial charge in [0.05, 0.1) is 31.3 Å². The third-order valence-electron chi connectivity index (χ3n) is 5.06. The van der Waals surface area contributed by atoms with Crippen molar-refractivity contribution in [3.05, 3.63) is 92.1 Å². The lowest BCUT2D eigenvalue weighted by atomic mass is 10.2. The Morgan fingerprint density at radius 2 is 1.72 bits per heavy atom. The Morgan fingerprint density at radius 3 is 2.39 bits per heavy atom. The Kier molecular flexibility index (Phi) is 7.36. The molecule has 1 amide bonds. The van der Waals surface area contributed by atoms with Gasteiger partial charge in [-0.15, -0.1) is 4.68 Å². The lowest BCUT2D eigenvalue weighted by Crippen LogP contribution is -2.32. The fourth-order valence-corrected chi connectivity index (χ4v) is 3.49.